The molecule has 32 heavy (non-hydrogen) atoms. The third-order valence-electron chi connectivity index (χ3n) is 6.44. The van der Waals surface area contributed by atoms with Gasteiger partial charge in [0.15, 0.2) is 5.82 Å². The maximum absolute atomic E-state index is 15.0. The first-order chi connectivity index (χ1) is 15.5. The third-order valence-corrected chi connectivity index (χ3v) is 6.44. The van der Waals surface area contributed by atoms with E-state index in [1.807, 2.05) is 6.92 Å². The highest BCUT2D eigenvalue weighted by Crippen LogP contribution is 2.38. The van der Waals surface area contributed by atoms with Crippen molar-refractivity contribution in [3.05, 3.63) is 29.4 Å². The van der Waals surface area contributed by atoms with Crippen molar-refractivity contribution in [3.63, 3.8) is 0 Å². The number of halogens is 1. The van der Waals surface area contributed by atoms with Gasteiger partial charge in [-0.05, 0) is 37.8 Å². The number of fused-ring (bicyclic) bond motifs is 1. The Balaban J connectivity index is 1.52. The zero-order valence-corrected chi connectivity index (χ0v) is 18.7. The maximum atomic E-state index is 15.0. The molecule has 0 radical (unpaired) electrons. The summed E-state index contributed by atoms with van der Waals surface area (Å²) in [5.74, 6) is 1.69. The van der Waals surface area contributed by atoms with Gasteiger partial charge in [-0.15, -0.1) is 0 Å². The Kier molecular flexibility index (Phi) is 5.69. The molecule has 1 atom stereocenters. The quantitative estimate of drug-likeness (QED) is 0.645. The van der Waals surface area contributed by atoms with Gasteiger partial charge in [0, 0.05) is 50.2 Å². The summed E-state index contributed by atoms with van der Waals surface area (Å²) in [5, 5.41) is 8.55. The highest BCUT2D eigenvalue weighted by molar-refractivity contribution is 5.93. The lowest BCUT2D eigenvalue weighted by Gasteiger charge is -2.35. The number of rotatable bonds is 5. The van der Waals surface area contributed by atoms with Crippen molar-refractivity contribution in [2.24, 2.45) is 0 Å². The topological polar surface area (TPSA) is 85.5 Å². The zero-order chi connectivity index (χ0) is 22.2. The van der Waals surface area contributed by atoms with Crippen LogP contribution in [0.2, 0.25) is 0 Å². The van der Waals surface area contributed by atoms with Crippen LogP contribution in [-0.4, -0.2) is 60.6 Å². The van der Waals surface area contributed by atoms with Crippen molar-refractivity contribution in [3.8, 4) is 17.1 Å². The first-order valence-electron chi connectivity index (χ1n) is 11.1. The van der Waals surface area contributed by atoms with Gasteiger partial charge in [0.1, 0.15) is 17.1 Å². The maximum Gasteiger partial charge on any atom is 0.223 e. The van der Waals surface area contributed by atoms with E-state index >= 15 is 0 Å². The van der Waals surface area contributed by atoms with Gasteiger partial charge >= 0.3 is 0 Å². The molecule has 0 amide bonds. The van der Waals surface area contributed by atoms with Crippen LogP contribution in [0.5, 0.6) is 5.75 Å². The summed E-state index contributed by atoms with van der Waals surface area (Å²) >= 11 is 0. The Bertz CT molecular complexity index is 1120. The van der Waals surface area contributed by atoms with E-state index in [9.17, 15) is 4.39 Å². The number of benzene rings is 1. The van der Waals surface area contributed by atoms with Gasteiger partial charge in [0.2, 0.25) is 11.7 Å². The van der Waals surface area contributed by atoms with Gasteiger partial charge in [0.05, 0.1) is 19.3 Å². The fourth-order valence-electron chi connectivity index (χ4n) is 4.71. The van der Waals surface area contributed by atoms with Gasteiger partial charge in [-0.3, -0.25) is 0 Å². The molecule has 9 heteroatoms. The average molecular weight is 442 g/mol. The highest BCUT2D eigenvalue weighted by Gasteiger charge is 2.28. The van der Waals surface area contributed by atoms with Crippen LogP contribution in [0, 0.1) is 19.7 Å². The summed E-state index contributed by atoms with van der Waals surface area (Å²) in [4.78, 5) is 11.4. The molecule has 8 nitrogen and oxygen atoms in total. The number of pyridine rings is 1. The molecule has 0 spiro atoms. The van der Waals surface area contributed by atoms with E-state index in [1.165, 1.54) is 13.2 Å². The largest absolute Gasteiger partial charge is 0.497 e. The van der Waals surface area contributed by atoms with Crippen LogP contribution in [0.25, 0.3) is 22.3 Å². The van der Waals surface area contributed by atoms with E-state index in [1.54, 1.807) is 13.0 Å². The molecule has 1 aromatic carbocycles. The van der Waals surface area contributed by atoms with E-state index in [2.05, 4.69) is 20.4 Å². The third kappa shape index (κ3) is 3.91. The molecule has 2 fully saturated rings. The Morgan fingerprint density at radius 1 is 1.12 bits per heavy atom. The van der Waals surface area contributed by atoms with Crippen LogP contribution in [0.3, 0.4) is 0 Å². The minimum atomic E-state index is -0.405. The number of nitrogens with one attached hydrogen (secondary N) is 1. The Morgan fingerprint density at radius 3 is 2.59 bits per heavy atom. The van der Waals surface area contributed by atoms with Gasteiger partial charge in [-0.25, -0.2) is 9.37 Å². The first-order valence-corrected chi connectivity index (χ1v) is 11.1. The molecule has 0 saturated carbocycles. The SMILES string of the molecule is COc1cc(F)c2nc(N3CCC(N[C@H]4CCOC4)CC3)c(-c3noc(C)n3)c(C)c2c1. The number of anilines is 1. The molecular weight excluding hydrogens is 413 g/mol. The van der Waals surface area contributed by atoms with E-state index in [-0.39, 0.29) is 0 Å². The van der Waals surface area contributed by atoms with Crippen molar-refractivity contribution in [1.82, 2.24) is 20.4 Å². The van der Waals surface area contributed by atoms with Crippen molar-refractivity contribution >= 4 is 16.7 Å². The molecule has 2 aromatic heterocycles. The molecule has 2 aliphatic rings. The summed E-state index contributed by atoms with van der Waals surface area (Å²) in [6.45, 7) is 6.94. The molecule has 5 rings (SSSR count). The fourth-order valence-corrected chi connectivity index (χ4v) is 4.71. The second-order valence-electron chi connectivity index (χ2n) is 8.57. The lowest BCUT2D eigenvalue weighted by Crippen LogP contribution is -2.46. The van der Waals surface area contributed by atoms with E-state index in [4.69, 9.17) is 19.0 Å². The van der Waals surface area contributed by atoms with E-state index < -0.39 is 5.82 Å². The van der Waals surface area contributed by atoms with E-state index in [0.717, 1.165) is 56.7 Å². The molecule has 4 heterocycles. The molecule has 0 aliphatic carbocycles. The number of piperidine rings is 1. The van der Waals surface area contributed by atoms with Gasteiger partial charge in [-0.2, -0.15) is 4.98 Å². The lowest BCUT2D eigenvalue weighted by molar-refractivity contribution is 0.186. The van der Waals surface area contributed by atoms with Gasteiger partial charge < -0.3 is 24.2 Å². The number of hydrogen-bond acceptors (Lipinski definition) is 8. The molecule has 0 bridgehead atoms. The molecule has 1 N–H and O–H groups in total. The number of nitrogens with zero attached hydrogens (tertiary/aromatic N) is 4. The second kappa shape index (κ2) is 8.63. The fraction of sp³-hybridized carbons (Fsp3) is 0.522. The molecule has 0 unspecified atom stereocenters. The average Bonchev–Trinajstić information content (AvgIpc) is 3.46. The van der Waals surface area contributed by atoms with Crippen molar-refractivity contribution in [1.29, 1.82) is 0 Å². The standard InChI is InChI=1S/C23H28FN5O3/c1-13-18-10-17(30-3)11-19(24)21(18)27-23(20(13)22-25-14(2)32-28-22)29-7-4-15(5-8-29)26-16-6-9-31-12-16/h10-11,15-16,26H,4-9,12H2,1-3H3/t16-/m0/s1. The predicted molar refractivity (Wildman–Crippen MR) is 119 cm³/mol. The Morgan fingerprint density at radius 2 is 1.94 bits per heavy atom. The minimum Gasteiger partial charge on any atom is -0.497 e. The Labute approximate surface area is 186 Å². The normalized spacial score (nSPS) is 19.8. The van der Waals surface area contributed by atoms with Crippen LogP contribution in [0.1, 0.15) is 30.7 Å². The predicted octanol–water partition coefficient (Wildman–Crippen LogP) is 3.40. The van der Waals surface area contributed by atoms with Crippen LogP contribution in [-0.2, 0) is 4.74 Å². The first kappa shape index (κ1) is 21.1. The summed E-state index contributed by atoms with van der Waals surface area (Å²) in [6, 6.07) is 4.06. The van der Waals surface area contributed by atoms with Crippen LogP contribution in [0.4, 0.5) is 10.2 Å². The monoisotopic (exact) mass is 441 g/mol. The summed E-state index contributed by atoms with van der Waals surface area (Å²) < 4.78 is 31.0. The van der Waals surface area contributed by atoms with Gasteiger partial charge in [-0.1, -0.05) is 5.16 Å². The number of hydrogen-bond donors (Lipinski definition) is 1. The van der Waals surface area contributed by atoms with Crippen molar-refractivity contribution in [2.45, 2.75) is 45.2 Å². The minimum absolute atomic E-state index is 0.325. The summed E-state index contributed by atoms with van der Waals surface area (Å²) in [5.41, 5.74) is 1.95. The van der Waals surface area contributed by atoms with Crippen molar-refractivity contribution < 1.29 is 18.4 Å². The lowest BCUT2D eigenvalue weighted by atomic mass is 9.99. The Hall–Kier alpha value is -2.78. The smallest absolute Gasteiger partial charge is 0.223 e. The van der Waals surface area contributed by atoms with Crippen LogP contribution >= 0.6 is 0 Å². The molecule has 170 valence electrons. The van der Waals surface area contributed by atoms with Crippen LogP contribution in [0.15, 0.2) is 16.7 Å². The molecule has 2 saturated heterocycles. The number of methoxy groups -OCH3 is 1. The molecule has 3 aromatic rings. The number of aryl methyl sites for hydroxylation is 2. The second-order valence-corrected chi connectivity index (χ2v) is 8.57. The molecular formula is C23H28FN5O3. The number of ether oxygens (including phenoxy) is 2. The van der Waals surface area contributed by atoms with Crippen molar-refractivity contribution in [2.75, 3.05) is 38.3 Å². The highest BCUT2D eigenvalue weighted by atomic mass is 19.1. The zero-order valence-electron chi connectivity index (χ0n) is 18.7. The van der Waals surface area contributed by atoms with E-state index in [0.29, 0.717) is 46.3 Å². The van der Waals surface area contributed by atoms with Crippen LogP contribution < -0.4 is 15.0 Å². The summed E-state index contributed by atoms with van der Waals surface area (Å²) in [6.07, 6.45) is 3.02. The number of aromatic nitrogens is 3. The molecule has 2 aliphatic heterocycles. The summed E-state index contributed by atoms with van der Waals surface area (Å²) in [7, 11) is 1.52. The van der Waals surface area contributed by atoms with Gasteiger partial charge in [0.25, 0.3) is 0 Å².